The highest BCUT2D eigenvalue weighted by molar-refractivity contribution is 6.39. The van der Waals surface area contributed by atoms with Crippen LogP contribution >= 0.6 is 11.6 Å². The molecule has 5 rings (SSSR count). The summed E-state index contributed by atoms with van der Waals surface area (Å²) in [6.45, 7) is 2.32. The summed E-state index contributed by atoms with van der Waals surface area (Å²) in [6, 6.07) is 24.8. The lowest BCUT2D eigenvalue weighted by Gasteiger charge is -2.26. The summed E-state index contributed by atoms with van der Waals surface area (Å²) in [5, 5.41) is 4.33. The fourth-order valence-corrected chi connectivity index (χ4v) is 4.23. The molecule has 0 spiro atoms. The minimum absolute atomic E-state index is 0.189. The van der Waals surface area contributed by atoms with Gasteiger partial charge < -0.3 is 4.74 Å². The number of rotatable bonds is 5. The number of hydrogen-bond acceptors (Lipinski definition) is 4. The van der Waals surface area contributed by atoms with E-state index >= 15 is 0 Å². The van der Waals surface area contributed by atoms with E-state index in [1.165, 1.54) is 12.1 Å². The molecule has 36 heavy (non-hydrogen) atoms. The van der Waals surface area contributed by atoms with Crippen LogP contribution in [0.3, 0.4) is 0 Å². The monoisotopic (exact) mass is 496 g/mol. The van der Waals surface area contributed by atoms with Crippen LogP contribution in [-0.2, 0) is 16.2 Å². The van der Waals surface area contributed by atoms with Crippen molar-refractivity contribution in [2.45, 2.75) is 13.5 Å². The average molecular weight is 497 g/mol. The number of benzene rings is 4. The van der Waals surface area contributed by atoms with Gasteiger partial charge in [0.2, 0.25) is 0 Å². The van der Waals surface area contributed by atoms with Crippen LogP contribution in [0, 0.1) is 6.92 Å². The van der Waals surface area contributed by atoms with Gasteiger partial charge in [-0.25, -0.2) is 9.69 Å². The molecule has 7 heteroatoms. The molecule has 4 aromatic rings. The number of ether oxygens (including phenoxy) is 1. The molecule has 0 aromatic heterocycles. The van der Waals surface area contributed by atoms with E-state index in [0.29, 0.717) is 22.9 Å². The maximum atomic E-state index is 13.4. The Bertz CT molecular complexity index is 1540. The standard InChI is InChI=1S/C29H21ClN2O4/c1-18-9-11-19(12-10-18)17-36-26-14-13-20-5-2-3-8-23(20)24(26)16-25-27(33)31-29(35)32(28(25)34)22-7-4-6-21(30)15-22/h2-16H,17H2,1H3,(H,31,33,35)/b25-16+. The largest absolute Gasteiger partial charge is 0.488 e. The number of halogens is 1. The zero-order valence-electron chi connectivity index (χ0n) is 19.3. The molecule has 0 saturated carbocycles. The van der Waals surface area contributed by atoms with Gasteiger partial charge in [0.15, 0.2) is 0 Å². The Morgan fingerprint density at radius 2 is 1.69 bits per heavy atom. The Balaban J connectivity index is 1.58. The molecule has 0 aliphatic carbocycles. The van der Waals surface area contributed by atoms with Crippen molar-refractivity contribution in [3.05, 3.63) is 112 Å². The van der Waals surface area contributed by atoms with Gasteiger partial charge in [0.25, 0.3) is 11.8 Å². The number of imide groups is 2. The summed E-state index contributed by atoms with van der Waals surface area (Å²) in [5.41, 5.74) is 2.77. The van der Waals surface area contributed by atoms with E-state index in [1.807, 2.05) is 67.6 Å². The lowest BCUT2D eigenvalue weighted by molar-refractivity contribution is -0.122. The molecule has 6 nitrogen and oxygen atoms in total. The Hall–Kier alpha value is -4.42. The quantitative estimate of drug-likeness (QED) is 0.270. The van der Waals surface area contributed by atoms with Crippen LogP contribution in [0.25, 0.3) is 16.8 Å². The summed E-state index contributed by atoms with van der Waals surface area (Å²) >= 11 is 6.07. The van der Waals surface area contributed by atoms with Gasteiger partial charge in [-0.3, -0.25) is 14.9 Å². The number of barbiturate groups is 1. The highest BCUT2D eigenvalue weighted by Crippen LogP contribution is 2.32. The minimum atomic E-state index is -0.835. The van der Waals surface area contributed by atoms with Gasteiger partial charge in [-0.2, -0.15) is 0 Å². The topological polar surface area (TPSA) is 75.7 Å². The van der Waals surface area contributed by atoms with Gasteiger partial charge in [-0.1, -0.05) is 77.8 Å². The van der Waals surface area contributed by atoms with Crippen LogP contribution in [0.15, 0.2) is 90.5 Å². The van der Waals surface area contributed by atoms with Crippen molar-refractivity contribution < 1.29 is 19.1 Å². The third-order valence-corrected chi connectivity index (χ3v) is 6.14. The van der Waals surface area contributed by atoms with E-state index in [4.69, 9.17) is 16.3 Å². The number of amides is 4. The maximum Gasteiger partial charge on any atom is 0.335 e. The molecule has 1 aliphatic heterocycles. The highest BCUT2D eigenvalue weighted by atomic mass is 35.5. The molecule has 1 N–H and O–H groups in total. The first-order chi connectivity index (χ1) is 17.4. The van der Waals surface area contributed by atoms with Crippen molar-refractivity contribution in [3.8, 4) is 5.75 Å². The number of urea groups is 1. The molecule has 4 amide bonds. The van der Waals surface area contributed by atoms with E-state index in [9.17, 15) is 14.4 Å². The van der Waals surface area contributed by atoms with E-state index in [-0.39, 0.29) is 11.3 Å². The summed E-state index contributed by atoms with van der Waals surface area (Å²) in [6.07, 6.45) is 1.48. The van der Waals surface area contributed by atoms with Crippen LogP contribution in [0.2, 0.25) is 5.02 Å². The molecule has 0 radical (unpaired) electrons. The van der Waals surface area contributed by atoms with Crippen LogP contribution in [0.5, 0.6) is 5.75 Å². The Morgan fingerprint density at radius 3 is 2.47 bits per heavy atom. The molecule has 1 aliphatic rings. The number of fused-ring (bicyclic) bond motifs is 1. The molecule has 4 aromatic carbocycles. The lowest BCUT2D eigenvalue weighted by Crippen LogP contribution is -2.54. The van der Waals surface area contributed by atoms with Gasteiger partial charge in [0, 0.05) is 10.6 Å². The number of carbonyl (C=O) groups is 3. The second-order valence-corrected chi connectivity index (χ2v) is 8.85. The van der Waals surface area contributed by atoms with Gasteiger partial charge >= 0.3 is 6.03 Å². The predicted molar refractivity (Wildman–Crippen MR) is 140 cm³/mol. The first-order valence-electron chi connectivity index (χ1n) is 11.3. The summed E-state index contributed by atoms with van der Waals surface area (Å²) in [4.78, 5) is 39.7. The van der Waals surface area contributed by atoms with Gasteiger partial charge in [-0.15, -0.1) is 0 Å². The van der Waals surface area contributed by atoms with Crippen molar-refractivity contribution in [2.75, 3.05) is 4.90 Å². The third kappa shape index (κ3) is 4.59. The lowest BCUT2D eigenvalue weighted by atomic mass is 9.99. The average Bonchev–Trinajstić information content (AvgIpc) is 2.86. The van der Waals surface area contributed by atoms with Gasteiger partial charge in [0.1, 0.15) is 17.9 Å². The number of aryl methyl sites for hydroxylation is 1. The molecule has 1 heterocycles. The van der Waals surface area contributed by atoms with E-state index in [1.54, 1.807) is 18.2 Å². The summed E-state index contributed by atoms with van der Waals surface area (Å²) in [7, 11) is 0. The molecular weight excluding hydrogens is 476 g/mol. The van der Waals surface area contributed by atoms with Crippen molar-refractivity contribution in [1.29, 1.82) is 0 Å². The Kier molecular flexibility index (Phi) is 6.27. The van der Waals surface area contributed by atoms with Gasteiger partial charge in [0.05, 0.1) is 5.69 Å². The SMILES string of the molecule is Cc1ccc(COc2ccc3ccccc3c2/C=C2\C(=O)NC(=O)N(c3cccc(Cl)c3)C2=O)cc1. The zero-order valence-corrected chi connectivity index (χ0v) is 20.1. The number of nitrogens with one attached hydrogen (secondary N) is 1. The summed E-state index contributed by atoms with van der Waals surface area (Å²) < 4.78 is 6.15. The molecule has 1 fully saturated rings. The smallest absolute Gasteiger partial charge is 0.335 e. The van der Waals surface area contributed by atoms with Crippen molar-refractivity contribution >= 4 is 52.0 Å². The maximum absolute atomic E-state index is 13.4. The second kappa shape index (κ2) is 9.68. The van der Waals surface area contributed by atoms with Crippen molar-refractivity contribution in [1.82, 2.24) is 5.32 Å². The molecule has 0 atom stereocenters. The molecule has 0 bridgehead atoms. The summed E-state index contributed by atoms with van der Waals surface area (Å²) in [5.74, 6) is -1.02. The molecule has 0 unspecified atom stereocenters. The van der Waals surface area contributed by atoms with Crippen molar-refractivity contribution in [3.63, 3.8) is 0 Å². The van der Waals surface area contributed by atoms with Crippen LogP contribution < -0.4 is 15.0 Å². The van der Waals surface area contributed by atoms with Crippen LogP contribution in [0.4, 0.5) is 10.5 Å². The number of anilines is 1. The Labute approximate surface area is 212 Å². The van der Waals surface area contributed by atoms with Gasteiger partial charge in [-0.05, 0) is 53.6 Å². The van der Waals surface area contributed by atoms with Crippen molar-refractivity contribution in [2.24, 2.45) is 0 Å². The predicted octanol–water partition coefficient (Wildman–Crippen LogP) is 6.05. The number of hydrogen-bond donors (Lipinski definition) is 1. The van der Waals surface area contributed by atoms with E-state index < -0.39 is 17.8 Å². The van der Waals surface area contributed by atoms with Crippen LogP contribution in [-0.4, -0.2) is 17.8 Å². The van der Waals surface area contributed by atoms with Crippen LogP contribution in [0.1, 0.15) is 16.7 Å². The second-order valence-electron chi connectivity index (χ2n) is 8.41. The fourth-order valence-electron chi connectivity index (χ4n) is 4.05. The molecule has 178 valence electrons. The molecular formula is C29H21ClN2O4. The number of nitrogens with zero attached hydrogens (tertiary/aromatic N) is 1. The third-order valence-electron chi connectivity index (χ3n) is 5.90. The zero-order chi connectivity index (χ0) is 25.2. The first kappa shape index (κ1) is 23.3. The normalized spacial score (nSPS) is 14.9. The minimum Gasteiger partial charge on any atom is -0.488 e. The number of carbonyl (C=O) groups excluding carboxylic acids is 3. The van der Waals surface area contributed by atoms with E-state index in [0.717, 1.165) is 26.8 Å². The van der Waals surface area contributed by atoms with E-state index in [2.05, 4.69) is 5.32 Å². The molecule has 1 saturated heterocycles. The highest BCUT2D eigenvalue weighted by Gasteiger charge is 2.37. The fraction of sp³-hybridized carbons (Fsp3) is 0.0690. The Morgan fingerprint density at radius 1 is 0.917 bits per heavy atom. The first-order valence-corrected chi connectivity index (χ1v) is 11.7.